The lowest BCUT2D eigenvalue weighted by Gasteiger charge is -2.15. The van der Waals surface area contributed by atoms with Gasteiger partial charge in [-0.2, -0.15) is 0 Å². The maximum atomic E-state index is 10.9. The largest absolute Gasteiger partial charge is 0.494 e. The van der Waals surface area contributed by atoms with Crippen LogP contribution in [-0.4, -0.2) is 29.3 Å². The first-order chi connectivity index (χ1) is 9.06. The molecule has 1 aromatic rings. The van der Waals surface area contributed by atoms with Crippen molar-refractivity contribution in [2.24, 2.45) is 0 Å². The van der Waals surface area contributed by atoms with E-state index < -0.39 is 4.92 Å². The summed E-state index contributed by atoms with van der Waals surface area (Å²) in [6, 6.07) is 4.76. The molecule has 6 nitrogen and oxygen atoms in total. The molecular formula is C13H20N2O4. The number of non-ortho nitro benzene ring substituents is 1. The first-order valence-corrected chi connectivity index (χ1v) is 6.36. The lowest BCUT2D eigenvalue weighted by Crippen LogP contribution is -2.15. The minimum absolute atomic E-state index is 0.00260. The van der Waals surface area contributed by atoms with Crippen molar-refractivity contribution < 1.29 is 14.8 Å². The van der Waals surface area contributed by atoms with Crippen molar-refractivity contribution in [3.63, 3.8) is 0 Å². The molecule has 1 rings (SSSR count). The van der Waals surface area contributed by atoms with Gasteiger partial charge in [-0.15, -0.1) is 0 Å². The number of nitrogens with zero attached hydrogens (tertiary/aromatic N) is 1. The minimum atomic E-state index is -0.438. The van der Waals surface area contributed by atoms with Crippen molar-refractivity contribution >= 4 is 11.4 Å². The van der Waals surface area contributed by atoms with Gasteiger partial charge in [-0.3, -0.25) is 10.1 Å². The Bertz CT molecular complexity index is 423. The summed E-state index contributed by atoms with van der Waals surface area (Å²) < 4.78 is 5.32. The molecule has 0 aliphatic rings. The number of nitro benzene ring substituents is 1. The third-order valence-electron chi connectivity index (χ3n) is 2.62. The number of aliphatic hydroxyl groups excluding tert-OH is 1. The average Bonchev–Trinajstić information content (AvgIpc) is 2.36. The van der Waals surface area contributed by atoms with Crippen LogP contribution in [0.15, 0.2) is 18.2 Å². The average molecular weight is 268 g/mol. The molecule has 106 valence electrons. The van der Waals surface area contributed by atoms with Crippen LogP contribution in [0.25, 0.3) is 0 Å². The van der Waals surface area contributed by atoms with Gasteiger partial charge in [0.2, 0.25) is 0 Å². The predicted octanol–water partition coefficient (Wildman–Crippen LogP) is 2.57. The highest BCUT2D eigenvalue weighted by Gasteiger charge is 2.12. The zero-order valence-corrected chi connectivity index (χ0v) is 11.3. The number of aliphatic hydroxyl groups is 1. The van der Waals surface area contributed by atoms with Crippen LogP contribution < -0.4 is 10.1 Å². The molecule has 1 atom stereocenters. The van der Waals surface area contributed by atoms with Gasteiger partial charge < -0.3 is 15.2 Å². The van der Waals surface area contributed by atoms with Crippen LogP contribution in [0.1, 0.15) is 26.7 Å². The van der Waals surface area contributed by atoms with E-state index in [1.807, 2.05) is 13.8 Å². The molecule has 1 unspecified atom stereocenters. The standard InChI is InChI=1S/C13H20N2O4/c1-3-19-13-8-11(7-12(9-13)15(17)18)14-10(2)5-4-6-16/h7-10,14,16H,3-6H2,1-2H3. The first kappa shape index (κ1) is 15.2. The highest BCUT2D eigenvalue weighted by atomic mass is 16.6. The third kappa shape index (κ3) is 5.13. The Hall–Kier alpha value is -1.82. The van der Waals surface area contributed by atoms with Crippen LogP contribution in [0.4, 0.5) is 11.4 Å². The van der Waals surface area contributed by atoms with E-state index in [2.05, 4.69) is 5.32 Å². The molecule has 0 aliphatic heterocycles. The van der Waals surface area contributed by atoms with Gasteiger partial charge in [0.25, 0.3) is 5.69 Å². The molecule has 0 aromatic heterocycles. The van der Waals surface area contributed by atoms with Crippen LogP contribution >= 0.6 is 0 Å². The van der Waals surface area contributed by atoms with Crippen LogP contribution in [-0.2, 0) is 0 Å². The van der Waals surface area contributed by atoms with Gasteiger partial charge in [-0.25, -0.2) is 0 Å². The Kier molecular flexibility index (Phi) is 6.08. The molecule has 2 N–H and O–H groups in total. The van der Waals surface area contributed by atoms with Gasteiger partial charge in [0.15, 0.2) is 0 Å². The van der Waals surface area contributed by atoms with E-state index in [4.69, 9.17) is 9.84 Å². The molecule has 6 heteroatoms. The van der Waals surface area contributed by atoms with Crippen molar-refractivity contribution in [3.8, 4) is 5.75 Å². The van der Waals surface area contributed by atoms with Crippen LogP contribution in [0.3, 0.4) is 0 Å². The van der Waals surface area contributed by atoms with Gasteiger partial charge in [-0.1, -0.05) is 0 Å². The lowest BCUT2D eigenvalue weighted by atomic mass is 10.1. The minimum Gasteiger partial charge on any atom is -0.494 e. The van der Waals surface area contributed by atoms with Gasteiger partial charge in [0, 0.05) is 30.5 Å². The fourth-order valence-electron chi connectivity index (χ4n) is 1.78. The molecule has 0 fully saturated rings. The molecule has 0 radical (unpaired) electrons. The summed E-state index contributed by atoms with van der Waals surface area (Å²) in [5.41, 5.74) is 0.658. The fourth-order valence-corrected chi connectivity index (χ4v) is 1.78. The predicted molar refractivity (Wildman–Crippen MR) is 73.7 cm³/mol. The highest BCUT2D eigenvalue weighted by molar-refractivity contribution is 5.56. The van der Waals surface area contributed by atoms with E-state index in [0.717, 1.165) is 6.42 Å². The van der Waals surface area contributed by atoms with Crippen LogP contribution in [0.5, 0.6) is 5.75 Å². The van der Waals surface area contributed by atoms with E-state index >= 15 is 0 Å². The second kappa shape index (κ2) is 7.58. The van der Waals surface area contributed by atoms with Crippen molar-refractivity contribution in [2.75, 3.05) is 18.5 Å². The molecule has 0 saturated heterocycles. The van der Waals surface area contributed by atoms with Crippen molar-refractivity contribution in [1.29, 1.82) is 0 Å². The number of rotatable bonds is 8. The summed E-state index contributed by atoms with van der Waals surface area (Å²) in [4.78, 5) is 10.4. The lowest BCUT2D eigenvalue weighted by molar-refractivity contribution is -0.384. The van der Waals surface area contributed by atoms with Gasteiger partial charge >= 0.3 is 0 Å². The first-order valence-electron chi connectivity index (χ1n) is 6.36. The zero-order valence-electron chi connectivity index (χ0n) is 11.3. The molecule has 0 aliphatic carbocycles. The summed E-state index contributed by atoms with van der Waals surface area (Å²) in [5, 5.41) is 22.8. The molecule has 1 aromatic carbocycles. The molecule has 0 amide bonds. The molecule has 19 heavy (non-hydrogen) atoms. The number of nitrogens with one attached hydrogen (secondary N) is 1. The van der Waals surface area contributed by atoms with E-state index in [0.29, 0.717) is 24.5 Å². The van der Waals surface area contributed by atoms with Crippen LogP contribution in [0.2, 0.25) is 0 Å². The van der Waals surface area contributed by atoms with E-state index in [-0.39, 0.29) is 18.3 Å². The monoisotopic (exact) mass is 268 g/mol. The normalized spacial score (nSPS) is 11.9. The Balaban J connectivity index is 2.83. The Labute approximate surface area is 112 Å². The zero-order chi connectivity index (χ0) is 14.3. The summed E-state index contributed by atoms with van der Waals surface area (Å²) in [6.45, 7) is 4.40. The number of benzene rings is 1. The molecule has 0 heterocycles. The number of anilines is 1. The van der Waals surface area contributed by atoms with Crippen molar-refractivity contribution in [2.45, 2.75) is 32.7 Å². The molecule has 0 saturated carbocycles. The number of ether oxygens (including phenoxy) is 1. The van der Waals surface area contributed by atoms with Gasteiger partial charge in [-0.05, 0) is 26.7 Å². The SMILES string of the molecule is CCOc1cc(NC(C)CCCO)cc([N+](=O)[O-])c1. The molecule has 0 spiro atoms. The second-order valence-electron chi connectivity index (χ2n) is 4.32. The maximum Gasteiger partial charge on any atom is 0.275 e. The van der Waals surface area contributed by atoms with Gasteiger partial charge in [0.05, 0.1) is 17.6 Å². The number of nitro groups is 1. The molecular weight excluding hydrogens is 248 g/mol. The Morgan fingerprint density at radius 1 is 1.47 bits per heavy atom. The van der Waals surface area contributed by atoms with Crippen molar-refractivity contribution in [3.05, 3.63) is 28.3 Å². The maximum absolute atomic E-state index is 10.9. The van der Waals surface area contributed by atoms with E-state index in [9.17, 15) is 10.1 Å². The van der Waals surface area contributed by atoms with E-state index in [1.165, 1.54) is 12.1 Å². The summed E-state index contributed by atoms with van der Waals surface area (Å²) in [7, 11) is 0. The number of hydrogen-bond acceptors (Lipinski definition) is 5. The Morgan fingerprint density at radius 3 is 2.79 bits per heavy atom. The smallest absolute Gasteiger partial charge is 0.275 e. The summed E-state index contributed by atoms with van der Waals surface area (Å²) >= 11 is 0. The number of hydrogen-bond donors (Lipinski definition) is 2. The highest BCUT2D eigenvalue weighted by Crippen LogP contribution is 2.26. The third-order valence-corrected chi connectivity index (χ3v) is 2.62. The summed E-state index contributed by atoms with van der Waals surface area (Å²) in [5.74, 6) is 0.480. The quantitative estimate of drug-likeness (QED) is 0.559. The fraction of sp³-hybridized carbons (Fsp3) is 0.538. The van der Waals surface area contributed by atoms with Gasteiger partial charge in [0.1, 0.15) is 5.75 Å². The second-order valence-corrected chi connectivity index (χ2v) is 4.32. The summed E-state index contributed by atoms with van der Waals surface area (Å²) in [6.07, 6.45) is 1.49. The Morgan fingerprint density at radius 2 is 2.21 bits per heavy atom. The van der Waals surface area contributed by atoms with E-state index in [1.54, 1.807) is 6.07 Å². The van der Waals surface area contributed by atoms with Crippen LogP contribution in [0, 0.1) is 10.1 Å². The van der Waals surface area contributed by atoms with Crippen molar-refractivity contribution in [1.82, 2.24) is 0 Å². The molecule has 0 bridgehead atoms. The topological polar surface area (TPSA) is 84.6 Å².